The quantitative estimate of drug-likeness (QED) is 0.163. The van der Waals surface area contributed by atoms with Gasteiger partial charge in [0.2, 0.25) is 11.7 Å². The molecule has 0 radical (unpaired) electrons. The van der Waals surface area contributed by atoms with Gasteiger partial charge in [-0.05, 0) is 61.2 Å². The van der Waals surface area contributed by atoms with Gasteiger partial charge >= 0.3 is 11.7 Å². The smallest absolute Gasteiger partial charge is 0.338 e. The number of aryl methyl sites for hydroxylation is 1. The largest absolute Gasteiger partial charge is 0.465 e. The van der Waals surface area contributed by atoms with E-state index >= 15 is 4.39 Å². The number of halogens is 1. The lowest BCUT2D eigenvalue weighted by Gasteiger charge is -2.31. The van der Waals surface area contributed by atoms with E-state index in [0.717, 1.165) is 30.5 Å². The molecule has 1 aliphatic rings. The maximum absolute atomic E-state index is 15.7. The minimum absolute atomic E-state index is 0.0755. The molecular weight excluding hydrogens is 535 g/mol. The lowest BCUT2D eigenvalue weighted by Crippen LogP contribution is -2.46. The minimum atomic E-state index is -2.07. The van der Waals surface area contributed by atoms with Crippen molar-refractivity contribution in [3.05, 3.63) is 93.9 Å². The Labute approximate surface area is 234 Å². The number of hydrogen-bond acceptors (Lipinski definition) is 9. The predicted octanol–water partition coefficient (Wildman–Crippen LogP) is 5.35. The van der Waals surface area contributed by atoms with Gasteiger partial charge in [0.15, 0.2) is 12.0 Å². The molecule has 1 amide bonds. The molecule has 12 heteroatoms. The Morgan fingerprint density at radius 2 is 2.00 bits per heavy atom. The first-order valence-electron chi connectivity index (χ1n) is 12.9. The molecule has 0 aliphatic carbocycles. The summed E-state index contributed by atoms with van der Waals surface area (Å²) in [6.07, 6.45) is 0.0550. The molecule has 11 nitrogen and oxygen atoms in total. The molecule has 3 atom stereocenters. The normalized spacial score (nSPS) is 16.3. The van der Waals surface area contributed by atoms with Gasteiger partial charge in [0, 0.05) is 18.3 Å². The van der Waals surface area contributed by atoms with Gasteiger partial charge in [-0.15, -0.1) is 0 Å². The highest BCUT2D eigenvalue weighted by atomic mass is 19.1. The molecule has 1 aliphatic heterocycles. The Morgan fingerprint density at radius 3 is 2.76 bits per heavy atom. The number of benzene rings is 3. The van der Waals surface area contributed by atoms with Crippen LogP contribution in [0.25, 0.3) is 11.1 Å². The third-order valence-electron chi connectivity index (χ3n) is 7.08. The molecule has 0 spiro atoms. The van der Waals surface area contributed by atoms with Gasteiger partial charge in [0.1, 0.15) is 11.6 Å². The summed E-state index contributed by atoms with van der Waals surface area (Å²) >= 11 is 0. The van der Waals surface area contributed by atoms with Gasteiger partial charge in [0.25, 0.3) is 6.36 Å². The summed E-state index contributed by atoms with van der Waals surface area (Å²) in [5.41, 5.74) is 2.70. The van der Waals surface area contributed by atoms with Crippen molar-refractivity contribution in [2.75, 3.05) is 19.0 Å². The van der Waals surface area contributed by atoms with E-state index in [4.69, 9.17) is 9.15 Å². The number of carbonyl (C=O) groups excluding carboxylic acids is 2. The van der Waals surface area contributed by atoms with Gasteiger partial charge in [-0.3, -0.25) is 14.9 Å². The molecule has 1 aromatic heterocycles. The number of amides is 1. The zero-order valence-electron chi connectivity index (χ0n) is 22.3. The lowest BCUT2D eigenvalue weighted by molar-refractivity contribution is -0.386. The molecule has 1 saturated heterocycles. The average Bonchev–Trinajstić information content (AvgIpc) is 3.66. The molecule has 1 N–H and O–H groups in total. The van der Waals surface area contributed by atoms with Crippen LogP contribution in [0.2, 0.25) is 0 Å². The Balaban J connectivity index is 1.43. The van der Waals surface area contributed by atoms with E-state index < -0.39 is 40.9 Å². The van der Waals surface area contributed by atoms with Crippen molar-refractivity contribution in [2.45, 2.75) is 38.2 Å². The topological polar surface area (TPSA) is 137 Å². The molecule has 0 saturated carbocycles. The number of nitrogens with one attached hydrogen (secondary N) is 1. The van der Waals surface area contributed by atoms with E-state index in [-0.39, 0.29) is 17.9 Å². The fraction of sp³-hybridized carbons (Fsp3) is 0.276. The number of oxazole rings is 1. The van der Waals surface area contributed by atoms with Crippen molar-refractivity contribution in [2.24, 2.45) is 0 Å². The number of alkyl halides is 1. The molecule has 2 unspecified atom stereocenters. The second-order valence-electron chi connectivity index (χ2n) is 9.61. The molecule has 212 valence electrons. The highest BCUT2D eigenvalue weighted by molar-refractivity contribution is 5.90. The average molecular weight is 563 g/mol. The van der Waals surface area contributed by atoms with Crippen molar-refractivity contribution in [3.63, 3.8) is 0 Å². The van der Waals surface area contributed by atoms with Gasteiger partial charge in [-0.1, -0.05) is 24.3 Å². The number of rotatable bonds is 9. The molecule has 0 bridgehead atoms. The summed E-state index contributed by atoms with van der Waals surface area (Å²) in [6, 6.07) is 14.2. The number of ether oxygens (including phenoxy) is 2. The van der Waals surface area contributed by atoms with E-state index in [9.17, 15) is 19.7 Å². The van der Waals surface area contributed by atoms with Crippen LogP contribution in [0.1, 0.15) is 40.4 Å². The molecule has 1 fully saturated rings. The summed E-state index contributed by atoms with van der Waals surface area (Å²) in [5.74, 6) is -1.53. The summed E-state index contributed by atoms with van der Waals surface area (Å²) < 4.78 is 31.2. The Morgan fingerprint density at radius 1 is 1.20 bits per heavy atom. The van der Waals surface area contributed by atoms with Crippen LogP contribution in [0.15, 0.2) is 71.5 Å². The second-order valence-corrected chi connectivity index (χ2v) is 9.61. The Kier molecular flexibility index (Phi) is 7.81. The highest BCUT2D eigenvalue weighted by Gasteiger charge is 2.40. The number of nitro groups is 1. The maximum Gasteiger partial charge on any atom is 0.338 e. The first-order valence-corrected chi connectivity index (χ1v) is 12.9. The third-order valence-corrected chi connectivity index (χ3v) is 7.08. The number of fused-ring (bicyclic) bond motifs is 1. The summed E-state index contributed by atoms with van der Waals surface area (Å²) in [5, 5.41) is 15.0. The van der Waals surface area contributed by atoms with E-state index in [0.29, 0.717) is 29.5 Å². The van der Waals surface area contributed by atoms with Crippen LogP contribution in [-0.2, 0) is 9.53 Å². The van der Waals surface area contributed by atoms with Crippen LogP contribution in [0.5, 0.6) is 5.75 Å². The van der Waals surface area contributed by atoms with Gasteiger partial charge in [0.05, 0.1) is 23.6 Å². The summed E-state index contributed by atoms with van der Waals surface area (Å²) in [7, 11) is 1.15. The van der Waals surface area contributed by atoms with Gasteiger partial charge < -0.3 is 24.1 Å². The number of nitro benzene ring substituents is 1. The van der Waals surface area contributed by atoms with Crippen molar-refractivity contribution >= 4 is 34.4 Å². The van der Waals surface area contributed by atoms with Gasteiger partial charge in [-0.2, -0.15) is 4.39 Å². The standard InChI is InChI=1S/C29H27FN4O7/c1-17-6-3-4-7-20(17)32-26(18-9-11-21-25(15-18)40-16-31-21)28(35)33-13-5-8-22(33)27(30)41-24-12-10-19(29(36)39-2)14-23(24)34(37)38/h3-4,6-7,9-12,14-16,22,26-27,32H,5,8,13H2,1-2H3/t22-,26?,27?/m0/s1. The summed E-state index contributed by atoms with van der Waals surface area (Å²) in [4.78, 5) is 42.3. The number of hydrogen-bond donors (Lipinski definition) is 1. The molecule has 5 rings (SSSR count). The van der Waals surface area contributed by atoms with Crippen LogP contribution in [0, 0.1) is 17.0 Å². The highest BCUT2D eigenvalue weighted by Crippen LogP contribution is 2.34. The third kappa shape index (κ3) is 5.67. The fourth-order valence-corrected chi connectivity index (χ4v) is 4.94. The number of aromatic nitrogens is 1. The lowest BCUT2D eigenvalue weighted by atomic mass is 10.0. The van der Waals surface area contributed by atoms with Crippen LogP contribution >= 0.6 is 0 Å². The number of nitrogens with zero attached hydrogens (tertiary/aromatic N) is 3. The van der Waals surface area contributed by atoms with Crippen molar-refractivity contribution in [1.29, 1.82) is 0 Å². The SMILES string of the molecule is COC(=O)c1ccc(OC(F)[C@@H]2CCCN2C(=O)C(Nc2ccccc2C)c2ccc3ncoc3c2)c([N+](=O)[O-])c1. The van der Waals surface area contributed by atoms with Crippen LogP contribution in [0.3, 0.4) is 0 Å². The predicted molar refractivity (Wildman–Crippen MR) is 146 cm³/mol. The van der Waals surface area contributed by atoms with E-state index in [1.54, 1.807) is 18.2 Å². The number of likely N-dealkylation sites (tertiary alicyclic amines) is 1. The molecule has 41 heavy (non-hydrogen) atoms. The van der Waals surface area contributed by atoms with E-state index in [1.807, 2.05) is 31.2 Å². The monoisotopic (exact) mass is 562 g/mol. The zero-order valence-corrected chi connectivity index (χ0v) is 22.3. The second kappa shape index (κ2) is 11.6. The number of esters is 1. The fourth-order valence-electron chi connectivity index (χ4n) is 4.94. The van der Waals surface area contributed by atoms with Crippen molar-refractivity contribution in [1.82, 2.24) is 9.88 Å². The first-order chi connectivity index (χ1) is 19.8. The van der Waals surface area contributed by atoms with Crippen molar-refractivity contribution in [3.8, 4) is 5.75 Å². The summed E-state index contributed by atoms with van der Waals surface area (Å²) in [6.45, 7) is 2.18. The van der Waals surface area contributed by atoms with Crippen LogP contribution < -0.4 is 10.1 Å². The molecule has 2 heterocycles. The number of carbonyl (C=O) groups is 2. The zero-order chi connectivity index (χ0) is 29.1. The molecule has 3 aromatic carbocycles. The van der Waals surface area contributed by atoms with Crippen LogP contribution in [0.4, 0.5) is 15.8 Å². The number of para-hydroxylation sites is 1. The van der Waals surface area contributed by atoms with E-state index in [1.165, 1.54) is 17.4 Å². The molecule has 4 aromatic rings. The molecular formula is C29H27FN4O7. The Hall–Kier alpha value is -5.00. The van der Waals surface area contributed by atoms with Crippen LogP contribution in [-0.4, -0.2) is 52.7 Å². The maximum atomic E-state index is 15.7. The minimum Gasteiger partial charge on any atom is -0.465 e. The first kappa shape index (κ1) is 27.6. The number of methoxy groups -OCH3 is 1. The number of anilines is 1. The van der Waals surface area contributed by atoms with Gasteiger partial charge in [-0.25, -0.2) is 9.78 Å². The van der Waals surface area contributed by atoms with Crippen molar-refractivity contribution < 1.29 is 32.8 Å². The Bertz CT molecular complexity index is 1610. The van der Waals surface area contributed by atoms with E-state index in [2.05, 4.69) is 15.0 Å².